The molecule has 0 saturated carbocycles. The Morgan fingerprint density at radius 1 is 1.44 bits per heavy atom. The summed E-state index contributed by atoms with van der Waals surface area (Å²) in [5.41, 5.74) is 1.72. The van der Waals surface area contributed by atoms with Crippen LogP contribution in [-0.2, 0) is 9.53 Å². The molecule has 0 aliphatic rings. The van der Waals surface area contributed by atoms with Crippen molar-refractivity contribution in [1.29, 1.82) is 0 Å². The van der Waals surface area contributed by atoms with Crippen molar-refractivity contribution in [3.63, 3.8) is 0 Å². The summed E-state index contributed by atoms with van der Waals surface area (Å²) >= 11 is 0. The normalized spacial score (nSPS) is 9.38. The quantitative estimate of drug-likeness (QED) is 0.792. The van der Waals surface area contributed by atoms with Crippen molar-refractivity contribution < 1.29 is 14.3 Å². The number of anilines is 1. The van der Waals surface area contributed by atoms with E-state index in [1.165, 1.54) is 14.0 Å². The van der Waals surface area contributed by atoms with Crippen LogP contribution in [0, 0.1) is 0 Å². The zero-order valence-corrected chi connectivity index (χ0v) is 9.24. The highest BCUT2D eigenvalue weighted by Gasteiger charge is 2.08. The van der Waals surface area contributed by atoms with E-state index in [9.17, 15) is 9.59 Å². The van der Waals surface area contributed by atoms with Gasteiger partial charge in [-0.05, 0) is 23.8 Å². The molecule has 16 heavy (non-hydrogen) atoms. The van der Waals surface area contributed by atoms with Gasteiger partial charge in [0.15, 0.2) is 0 Å². The molecule has 0 atom stereocenters. The smallest absolute Gasteiger partial charge is 0.337 e. The van der Waals surface area contributed by atoms with Crippen molar-refractivity contribution in [3.8, 4) is 0 Å². The van der Waals surface area contributed by atoms with E-state index in [1.54, 1.807) is 24.3 Å². The first-order chi connectivity index (χ1) is 7.58. The number of esters is 1. The molecule has 1 amide bonds. The van der Waals surface area contributed by atoms with Crippen LogP contribution in [0.1, 0.15) is 22.8 Å². The molecule has 0 spiro atoms. The maximum absolute atomic E-state index is 11.3. The summed E-state index contributed by atoms with van der Waals surface area (Å²) in [6.07, 6.45) is 1.57. The summed E-state index contributed by atoms with van der Waals surface area (Å²) < 4.78 is 4.60. The molecule has 1 rings (SSSR count). The van der Waals surface area contributed by atoms with Crippen molar-refractivity contribution in [2.75, 3.05) is 12.4 Å². The minimum absolute atomic E-state index is 0.172. The number of amides is 1. The van der Waals surface area contributed by atoms with Crippen LogP contribution < -0.4 is 5.32 Å². The van der Waals surface area contributed by atoms with Gasteiger partial charge in [-0.2, -0.15) is 0 Å². The fourth-order valence-electron chi connectivity index (χ4n) is 1.28. The van der Waals surface area contributed by atoms with Gasteiger partial charge in [0.1, 0.15) is 0 Å². The molecule has 0 heterocycles. The molecule has 84 valence electrons. The third kappa shape index (κ3) is 2.70. The van der Waals surface area contributed by atoms with E-state index in [1.807, 2.05) is 0 Å². The highest BCUT2D eigenvalue weighted by atomic mass is 16.5. The molecule has 0 radical (unpaired) electrons. The first kappa shape index (κ1) is 12.0. The van der Waals surface area contributed by atoms with Crippen molar-refractivity contribution in [3.05, 3.63) is 35.9 Å². The molecule has 1 aromatic carbocycles. The molecule has 1 N–H and O–H groups in total. The predicted molar refractivity (Wildman–Crippen MR) is 62.2 cm³/mol. The van der Waals surface area contributed by atoms with E-state index in [4.69, 9.17) is 0 Å². The van der Waals surface area contributed by atoms with Gasteiger partial charge in [-0.1, -0.05) is 12.7 Å². The SMILES string of the molecule is C=Cc1cc(C(=O)OC)ccc1NC(C)=O. The summed E-state index contributed by atoms with van der Waals surface area (Å²) in [6, 6.07) is 4.85. The molecule has 0 aliphatic heterocycles. The molecule has 0 saturated heterocycles. The number of carbonyl (C=O) groups excluding carboxylic acids is 2. The molecule has 1 aromatic rings. The Bertz CT molecular complexity index is 438. The van der Waals surface area contributed by atoms with E-state index < -0.39 is 5.97 Å². The molecule has 0 fully saturated rings. The van der Waals surface area contributed by atoms with Crippen LogP contribution in [0.4, 0.5) is 5.69 Å². The molecule has 0 aromatic heterocycles. The first-order valence-electron chi connectivity index (χ1n) is 4.71. The standard InChI is InChI=1S/C12H13NO3/c1-4-9-7-10(12(15)16-3)5-6-11(9)13-8(2)14/h4-7H,1H2,2-3H3,(H,13,14). The van der Waals surface area contributed by atoms with Gasteiger partial charge in [0.25, 0.3) is 0 Å². The Morgan fingerprint density at radius 2 is 2.12 bits per heavy atom. The number of methoxy groups -OCH3 is 1. The maximum atomic E-state index is 11.3. The average molecular weight is 219 g/mol. The summed E-state index contributed by atoms with van der Waals surface area (Å²) in [6.45, 7) is 5.04. The lowest BCUT2D eigenvalue weighted by Crippen LogP contribution is -2.08. The Labute approximate surface area is 93.9 Å². The van der Waals surface area contributed by atoms with Gasteiger partial charge in [0.2, 0.25) is 5.91 Å². The second-order valence-corrected chi connectivity index (χ2v) is 3.18. The molecule has 4 nitrogen and oxygen atoms in total. The van der Waals surface area contributed by atoms with E-state index in [2.05, 4.69) is 16.6 Å². The largest absolute Gasteiger partial charge is 0.465 e. The molecular weight excluding hydrogens is 206 g/mol. The Morgan fingerprint density at radius 3 is 2.62 bits per heavy atom. The van der Waals surface area contributed by atoms with Crippen LogP contribution in [0.5, 0.6) is 0 Å². The highest BCUT2D eigenvalue weighted by Crippen LogP contribution is 2.19. The van der Waals surface area contributed by atoms with E-state index in [-0.39, 0.29) is 5.91 Å². The number of rotatable bonds is 3. The molecule has 0 aliphatic carbocycles. The maximum Gasteiger partial charge on any atom is 0.337 e. The van der Waals surface area contributed by atoms with Crippen LogP contribution in [0.2, 0.25) is 0 Å². The third-order valence-electron chi connectivity index (χ3n) is 2.00. The van der Waals surface area contributed by atoms with Crippen molar-refractivity contribution >= 4 is 23.6 Å². The zero-order valence-electron chi connectivity index (χ0n) is 9.24. The number of hydrogen-bond donors (Lipinski definition) is 1. The number of carbonyl (C=O) groups is 2. The van der Waals surface area contributed by atoms with Crippen LogP contribution in [0.25, 0.3) is 6.08 Å². The monoisotopic (exact) mass is 219 g/mol. The summed E-state index contributed by atoms with van der Waals surface area (Å²) in [5.74, 6) is -0.591. The number of ether oxygens (including phenoxy) is 1. The topological polar surface area (TPSA) is 55.4 Å². The predicted octanol–water partition coefficient (Wildman–Crippen LogP) is 2.07. The van der Waals surface area contributed by atoms with Gasteiger partial charge < -0.3 is 10.1 Å². The summed E-state index contributed by atoms with van der Waals surface area (Å²) in [4.78, 5) is 22.2. The van der Waals surface area contributed by atoms with Crippen molar-refractivity contribution in [2.45, 2.75) is 6.92 Å². The first-order valence-corrected chi connectivity index (χ1v) is 4.71. The molecular formula is C12H13NO3. The fourth-order valence-corrected chi connectivity index (χ4v) is 1.28. The minimum Gasteiger partial charge on any atom is -0.465 e. The lowest BCUT2D eigenvalue weighted by molar-refractivity contribution is -0.114. The van der Waals surface area contributed by atoms with Gasteiger partial charge in [0, 0.05) is 12.6 Å². The molecule has 0 unspecified atom stereocenters. The molecule has 0 bridgehead atoms. The Kier molecular flexibility index (Phi) is 3.83. The second kappa shape index (κ2) is 5.11. The minimum atomic E-state index is -0.419. The second-order valence-electron chi connectivity index (χ2n) is 3.18. The van der Waals surface area contributed by atoms with Gasteiger partial charge in [-0.3, -0.25) is 4.79 Å². The summed E-state index contributed by atoms with van der Waals surface area (Å²) in [5, 5.41) is 2.65. The van der Waals surface area contributed by atoms with Crippen molar-refractivity contribution in [1.82, 2.24) is 0 Å². The number of benzene rings is 1. The van der Waals surface area contributed by atoms with E-state index in [0.717, 1.165) is 0 Å². The van der Waals surface area contributed by atoms with E-state index >= 15 is 0 Å². The lowest BCUT2D eigenvalue weighted by atomic mass is 10.1. The number of hydrogen-bond acceptors (Lipinski definition) is 3. The summed E-state index contributed by atoms with van der Waals surface area (Å²) in [7, 11) is 1.32. The average Bonchev–Trinajstić information content (AvgIpc) is 2.27. The molecule has 4 heteroatoms. The van der Waals surface area contributed by atoms with Crippen LogP contribution in [-0.4, -0.2) is 19.0 Å². The van der Waals surface area contributed by atoms with Gasteiger partial charge in [0.05, 0.1) is 12.7 Å². The van der Waals surface area contributed by atoms with Crippen LogP contribution >= 0.6 is 0 Å². The third-order valence-corrected chi connectivity index (χ3v) is 2.00. The van der Waals surface area contributed by atoms with E-state index in [0.29, 0.717) is 16.8 Å². The Balaban J connectivity index is 3.11. The van der Waals surface area contributed by atoms with Gasteiger partial charge in [-0.15, -0.1) is 0 Å². The highest BCUT2D eigenvalue weighted by molar-refractivity contribution is 5.94. The van der Waals surface area contributed by atoms with Crippen LogP contribution in [0.15, 0.2) is 24.8 Å². The lowest BCUT2D eigenvalue weighted by Gasteiger charge is -2.08. The van der Waals surface area contributed by atoms with Gasteiger partial charge in [-0.25, -0.2) is 4.79 Å². The zero-order chi connectivity index (χ0) is 12.1. The van der Waals surface area contributed by atoms with Crippen molar-refractivity contribution in [2.24, 2.45) is 0 Å². The van der Waals surface area contributed by atoms with Gasteiger partial charge >= 0.3 is 5.97 Å². The number of nitrogens with one attached hydrogen (secondary N) is 1. The fraction of sp³-hybridized carbons (Fsp3) is 0.167. The Hall–Kier alpha value is -2.10. The van der Waals surface area contributed by atoms with Crippen LogP contribution in [0.3, 0.4) is 0 Å².